The van der Waals surface area contributed by atoms with Crippen LogP contribution in [0.4, 0.5) is 25.0 Å². The number of nitrogens with one attached hydrogen (secondary N) is 2. The van der Waals surface area contributed by atoms with Crippen LogP contribution in [0.15, 0.2) is 47.4 Å². The molecule has 0 bridgehead atoms. The fourth-order valence-corrected chi connectivity index (χ4v) is 2.38. The first-order chi connectivity index (χ1) is 11.5. The molecule has 2 amide bonds. The summed E-state index contributed by atoms with van der Waals surface area (Å²) in [7, 11) is 1.43. The highest BCUT2D eigenvalue weighted by Gasteiger charge is 2.13. The van der Waals surface area contributed by atoms with Crippen molar-refractivity contribution < 1.29 is 23.0 Å². The molecule has 0 aliphatic heterocycles. The van der Waals surface area contributed by atoms with Crippen molar-refractivity contribution in [3.05, 3.63) is 42.5 Å². The third-order valence-corrected chi connectivity index (χ3v) is 3.70. The van der Waals surface area contributed by atoms with E-state index in [1.54, 1.807) is 18.2 Å². The highest BCUT2D eigenvalue weighted by atomic mass is 32.2. The summed E-state index contributed by atoms with van der Waals surface area (Å²) < 4.78 is 34.4. The summed E-state index contributed by atoms with van der Waals surface area (Å²) in [6.45, 7) is -3.00. The van der Waals surface area contributed by atoms with E-state index in [9.17, 15) is 13.6 Å². The number of rotatable bonds is 6. The molecule has 128 valence electrons. The minimum absolute atomic E-state index is 0.0770. The van der Waals surface area contributed by atoms with Gasteiger partial charge in [-0.1, -0.05) is 6.07 Å². The Balaban J connectivity index is 2.14. The van der Waals surface area contributed by atoms with Gasteiger partial charge < -0.3 is 20.1 Å². The van der Waals surface area contributed by atoms with E-state index in [2.05, 4.69) is 15.4 Å². The van der Waals surface area contributed by atoms with Gasteiger partial charge in [-0.3, -0.25) is 0 Å². The van der Waals surface area contributed by atoms with Crippen LogP contribution in [0.5, 0.6) is 11.5 Å². The Labute approximate surface area is 142 Å². The first kappa shape index (κ1) is 17.9. The van der Waals surface area contributed by atoms with Crippen molar-refractivity contribution in [2.24, 2.45) is 0 Å². The number of anilines is 2. The van der Waals surface area contributed by atoms with Crippen molar-refractivity contribution in [2.75, 3.05) is 24.0 Å². The monoisotopic (exact) mass is 354 g/mol. The van der Waals surface area contributed by atoms with E-state index in [-0.39, 0.29) is 11.4 Å². The molecule has 0 aliphatic carbocycles. The Bertz CT molecular complexity index is 713. The Kier molecular flexibility index (Phi) is 6.25. The Morgan fingerprint density at radius 2 is 1.96 bits per heavy atom. The molecule has 5 nitrogen and oxygen atoms in total. The number of amides is 2. The molecule has 0 unspecified atom stereocenters. The fraction of sp³-hybridized carbons (Fsp3) is 0.188. The number of thioether (sulfide) groups is 1. The van der Waals surface area contributed by atoms with Gasteiger partial charge in [0.15, 0.2) is 0 Å². The van der Waals surface area contributed by atoms with E-state index in [1.165, 1.54) is 37.1 Å². The molecular formula is C16H16F2N2O3S. The average Bonchev–Trinajstić information content (AvgIpc) is 2.56. The molecule has 0 saturated carbocycles. The van der Waals surface area contributed by atoms with Gasteiger partial charge in [0.05, 0.1) is 12.8 Å². The van der Waals surface area contributed by atoms with Crippen LogP contribution in [-0.2, 0) is 0 Å². The zero-order chi connectivity index (χ0) is 17.5. The smallest absolute Gasteiger partial charge is 0.387 e. The van der Waals surface area contributed by atoms with Gasteiger partial charge in [-0.2, -0.15) is 8.78 Å². The van der Waals surface area contributed by atoms with Gasteiger partial charge in [-0.15, -0.1) is 11.8 Å². The lowest BCUT2D eigenvalue weighted by Crippen LogP contribution is -2.20. The molecule has 0 atom stereocenters. The maximum absolute atomic E-state index is 12.5. The van der Waals surface area contributed by atoms with E-state index < -0.39 is 12.6 Å². The summed E-state index contributed by atoms with van der Waals surface area (Å²) in [5.41, 5.74) is 0.659. The first-order valence-electron chi connectivity index (χ1n) is 6.86. The number of hydrogen-bond acceptors (Lipinski definition) is 4. The lowest BCUT2D eigenvalue weighted by Gasteiger charge is -2.14. The van der Waals surface area contributed by atoms with Gasteiger partial charge >= 0.3 is 12.6 Å². The maximum Gasteiger partial charge on any atom is 0.387 e. The molecule has 0 heterocycles. The van der Waals surface area contributed by atoms with Gasteiger partial charge in [-0.05, 0) is 36.6 Å². The average molecular weight is 354 g/mol. The number of carbonyl (C=O) groups excluding carboxylic acids is 1. The minimum atomic E-state index is -3.00. The van der Waals surface area contributed by atoms with Crippen LogP contribution < -0.4 is 20.1 Å². The number of halogens is 2. The molecule has 0 saturated heterocycles. The molecule has 0 spiro atoms. The zero-order valence-electron chi connectivity index (χ0n) is 13.0. The summed E-state index contributed by atoms with van der Waals surface area (Å²) in [5, 5.41) is 5.12. The second-order valence-electron chi connectivity index (χ2n) is 4.55. The molecule has 8 heteroatoms. The molecule has 24 heavy (non-hydrogen) atoms. The van der Waals surface area contributed by atoms with Crippen molar-refractivity contribution >= 4 is 29.2 Å². The van der Waals surface area contributed by atoms with E-state index in [1.807, 2.05) is 12.3 Å². The Morgan fingerprint density at radius 3 is 2.62 bits per heavy atom. The SMILES string of the molecule is COc1ccc(OC(F)F)c(NC(=O)Nc2cccc(SC)c2)c1. The molecule has 2 rings (SSSR count). The number of methoxy groups -OCH3 is 1. The standard InChI is InChI=1S/C16H16F2N2O3S/c1-22-11-6-7-14(23-15(17)18)13(9-11)20-16(21)19-10-4-3-5-12(8-10)24-2/h3-9,15H,1-2H3,(H2,19,20,21). The summed E-state index contributed by atoms with van der Waals surface area (Å²) in [5.74, 6) is 0.245. The van der Waals surface area contributed by atoms with Gasteiger partial charge in [0.1, 0.15) is 11.5 Å². The largest absolute Gasteiger partial charge is 0.497 e. The molecular weight excluding hydrogens is 338 g/mol. The number of hydrogen-bond donors (Lipinski definition) is 2. The Morgan fingerprint density at radius 1 is 1.17 bits per heavy atom. The quantitative estimate of drug-likeness (QED) is 0.741. The highest BCUT2D eigenvalue weighted by Crippen LogP contribution is 2.30. The lowest BCUT2D eigenvalue weighted by molar-refractivity contribution is -0.0493. The van der Waals surface area contributed by atoms with E-state index in [4.69, 9.17) is 4.74 Å². The third kappa shape index (κ3) is 5.02. The van der Waals surface area contributed by atoms with E-state index in [0.717, 1.165) is 4.90 Å². The maximum atomic E-state index is 12.5. The van der Waals surface area contributed by atoms with Crippen LogP contribution in [0.25, 0.3) is 0 Å². The van der Waals surface area contributed by atoms with Gasteiger partial charge in [0.25, 0.3) is 0 Å². The van der Waals surface area contributed by atoms with Crippen LogP contribution in [-0.4, -0.2) is 26.0 Å². The topological polar surface area (TPSA) is 59.6 Å². The summed E-state index contributed by atoms with van der Waals surface area (Å²) in [4.78, 5) is 13.1. The minimum Gasteiger partial charge on any atom is -0.497 e. The summed E-state index contributed by atoms with van der Waals surface area (Å²) in [6, 6.07) is 10.8. The van der Waals surface area contributed by atoms with Crippen molar-refractivity contribution in [3.8, 4) is 11.5 Å². The third-order valence-electron chi connectivity index (χ3n) is 2.98. The zero-order valence-corrected chi connectivity index (χ0v) is 13.8. The van der Waals surface area contributed by atoms with Crippen LogP contribution in [0, 0.1) is 0 Å². The first-order valence-corrected chi connectivity index (χ1v) is 8.09. The van der Waals surface area contributed by atoms with Crippen LogP contribution in [0.2, 0.25) is 0 Å². The molecule has 0 aliphatic rings. The molecule has 0 fully saturated rings. The molecule has 0 radical (unpaired) electrons. The predicted molar refractivity (Wildman–Crippen MR) is 90.5 cm³/mol. The van der Waals surface area contributed by atoms with Crippen molar-refractivity contribution in [3.63, 3.8) is 0 Å². The number of benzene rings is 2. The fourth-order valence-electron chi connectivity index (χ4n) is 1.92. The van der Waals surface area contributed by atoms with Gasteiger partial charge in [0, 0.05) is 16.6 Å². The van der Waals surface area contributed by atoms with Crippen LogP contribution in [0.3, 0.4) is 0 Å². The number of carbonyl (C=O) groups is 1. The second kappa shape index (κ2) is 8.39. The van der Waals surface area contributed by atoms with Crippen molar-refractivity contribution in [1.29, 1.82) is 0 Å². The number of urea groups is 1. The lowest BCUT2D eigenvalue weighted by atomic mass is 10.2. The molecule has 0 aromatic heterocycles. The Hall–Kier alpha value is -2.48. The van der Waals surface area contributed by atoms with Gasteiger partial charge in [0.2, 0.25) is 0 Å². The summed E-state index contributed by atoms with van der Waals surface area (Å²) in [6.07, 6.45) is 1.92. The number of ether oxygens (including phenoxy) is 2. The van der Waals surface area contributed by atoms with Crippen LogP contribution in [0.1, 0.15) is 0 Å². The predicted octanol–water partition coefficient (Wildman–Crippen LogP) is 4.66. The normalized spacial score (nSPS) is 10.4. The van der Waals surface area contributed by atoms with E-state index >= 15 is 0 Å². The van der Waals surface area contributed by atoms with E-state index in [0.29, 0.717) is 11.4 Å². The van der Waals surface area contributed by atoms with Crippen molar-refractivity contribution in [2.45, 2.75) is 11.5 Å². The molecule has 2 aromatic carbocycles. The molecule has 2 aromatic rings. The van der Waals surface area contributed by atoms with Crippen LogP contribution >= 0.6 is 11.8 Å². The van der Waals surface area contributed by atoms with Crippen molar-refractivity contribution in [1.82, 2.24) is 0 Å². The number of alkyl halides is 2. The second-order valence-corrected chi connectivity index (χ2v) is 5.43. The highest BCUT2D eigenvalue weighted by molar-refractivity contribution is 7.98. The summed E-state index contributed by atoms with van der Waals surface area (Å²) >= 11 is 1.54. The molecule has 2 N–H and O–H groups in total. The van der Waals surface area contributed by atoms with Gasteiger partial charge in [-0.25, -0.2) is 4.79 Å².